The van der Waals surface area contributed by atoms with E-state index in [9.17, 15) is 19.8 Å². The molecule has 1 aliphatic rings. The molecule has 204 valence electrons. The van der Waals surface area contributed by atoms with E-state index < -0.39 is 18.4 Å². The summed E-state index contributed by atoms with van der Waals surface area (Å²) in [6, 6.07) is 17.8. The van der Waals surface area contributed by atoms with Crippen molar-refractivity contribution in [3.8, 4) is 0 Å². The first kappa shape index (κ1) is 28.3. The number of aromatic carboxylic acids is 1. The molecule has 3 N–H and O–H groups in total. The van der Waals surface area contributed by atoms with Crippen LogP contribution in [0.4, 0.5) is 10.5 Å². The lowest BCUT2D eigenvalue weighted by atomic mass is 9.91. The van der Waals surface area contributed by atoms with Gasteiger partial charge in [-0.3, -0.25) is 5.32 Å². The lowest BCUT2D eigenvalue weighted by Crippen LogP contribution is -2.38. The van der Waals surface area contributed by atoms with Gasteiger partial charge in [-0.2, -0.15) is 0 Å². The molecular weight excluding hydrogens is 520 g/mol. The van der Waals surface area contributed by atoms with Crippen molar-refractivity contribution in [2.24, 2.45) is 5.92 Å². The number of ether oxygens (including phenoxy) is 3. The number of aromatic nitrogens is 1. The fourth-order valence-electron chi connectivity index (χ4n) is 4.15. The van der Waals surface area contributed by atoms with Crippen molar-refractivity contribution in [1.29, 1.82) is 0 Å². The molecule has 1 aliphatic heterocycles. The van der Waals surface area contributed by atoms with E-state index in [0.29, 0.717) is 16.5 Å². The number of thioether (sulfide) groups is 1. The fraction of sp³-hybridized carbons (Fsp3) is 0.276. The van der Waals surface area contributed by atoms with Gasteiger partial charge < -0.3 is 24.4 Å². The van der Waals surface area contributed by atoms with Gasteiger partial charge >= 0.3 is 12.1 Å². The van der Waals surface area contributed by atoms with E-state index in [1.807, 2.05) is 31.2 Å². The summed E-state index contributed by atoms with van der Waals surface area (Å²) in [4.78, 5) is 27.8. The van der Waals surface area contributed by atoms with E-state index in [1.165, 1.54) is 23.9 Å². The Bertz CT molecular complexity index is 1280. The number of aliphatic hydroxyl groups excluding tert-OH is 1. The number of hydrogen-bond donors (Lipinski definition) is 3. The second-order valence-electron chi connectivity index (χ2n) is 8.93. The lowest BCUT2D eigenvalue weighted by Gasteiger charge is -2.41. The van der Waals surface area contributed by atoms with Crippen LogP contribution in [0.5, 0.6) is 0 Å². The highest BCUT2D eigenvalue weighted by Gasteiger charge is 2.38. The van der Waals surface area contributed by atoms with Gasteiger partial charge in [-0.15, -0.1) is 11.8 Å². The minimum Gasteiger partial charge on any atom is -0.478 e. The first-order valence-electron chi connectivity index (χ1n) is 12.4. The summed E-state index contributed by atoms with van der Waals surface area (Å²) in [5, 5.41) is 22.1. The third-order valence-electron chi connectivity index (χ3n) is 6.27. The number of carboxylic acid groups (broad SMARTS) is 1. The molecule has 0 unspecified atom stereocenters. The third-order valence-corrected chi connectivity index (χ3v) is 7.36. The molecule has 0 saturated carbocycles. The number of nitrogens with zero attached hydrogens (tertiary/aromatic N) is 1. The van der Waals surface area contributed by atoms with Crippen molar-refractivity contribution in [3.63, 3.8) is 0 Å². The summed E-state index contributed by atoms with van der Waals surface area (Å²) in [7, 11) is 0. The SMILES string of the molecule is C=CCOC(=O)Nc1ccc([C@H]2O[C@@H](CSc3ncccc3C(=O)O)[C@@H](C)[C@@H](c3ccc(CO)cc3)O2)cc1. The van der Waals surface area contributed by atoms with Gasteiger partial charge in [-0.1, -0.05) is 56.0 Å². The average molecular weight is 551 g/mol. The maximum Gasteiger partial charge on any atom is 0.411 e. The van der Waals surface area contributed by atoms with Crippen LogP contribution in [-0.2, 0) is 20.8 Å². The van der Waals surface area contributed by atoms with E-state index in [-0.39, 0.29) is 36.9 Å². The number of rotatable bonds is 10. The molecular formula is C29H30N2O7S. The number of carbonyl (C=O) groups is 2. The number of benzene rings is 2. The highest BCUT2D eigenvalue weighted by Crippen LogP contribution is 2.43. The largest absolute Gasteiger partial charge is 0.478 e. The van der Waals surface area contributed by atoms with E-state index in [2.05, 4.69) is 16.9 Å². The lowest BCUT2D eigenvalue weighted by molar-refractivity contribution is -0.268. The topological polar surface area (TPSA) is 127 Å². The number of hydrogen-bond acceptors (Lipinski definition) is 8. The number of anilines is 1. The summed E-state index contributed by atoms with van der Waals surface area (Å²) in [6.45, 7) is 5.61. The predicted octanol–water partition coefficient (Wildman–Crippen LogP) is 5.59. The van der Waals surface area contributed by atoms with E-state index >= 15 is 0 Å². The Kier molecular flexibility index (Phi) is 9.72. The van der Waals surface area contributed by atoms with Gasteiger partial charge in [-0.05, 0) is 35.4 Å². The smallest absolute Gasteiger partial charge is 0.411 e. The summed E-state index contributed by atoms with van der Waals surface area (Å²) < 4.78 is 17.8. The first-order valence-corrected chi connectivity index (χ1v) is 13.3. The zero-order valence-corrected chi connectivity index (χ0v) is 22.2. The Balaban J connectivity index is 1.55. The maximum atomic E-state index is 11.8. The molecule has 1 saturated heterocycles. The highest BCUT2D eigenvalue weighted by molar-refractivity contribution is 7.99. The molecule has 1 aromatic heterocycles. The van der Waals surface area contributed by atoms with Crippen molar-refractivity contribution in [2.45, 2.75) is 37.1 Å². The molecule has 4 rings (SSSR count). The van der Waals surface area contributed by atoms with Crippen LogP contribution in [0.1, 0.15) is 46.4 Å². The molecule has 4 atom stereocenters. The Morgan fingerprint density at radius 3 is 2.49 bits per heavy atom. The van der Waals surface area contributed by atoms with Gasteiger partial charge in [0.2, 0.25) is 0 Å². The summed E-state index contributed by atoms with van der Waals surface area (Å²) in [6.07, 6.45) is 1.14. The second-order valence-corrected chi connectivity index (χ2v) is 9.94. The average Bonchev–Trinajstić information content (AvgIpc) is 2.96. The molecule has 0 aliphatic carbocycles. The second kappa shape index (κ2) is 13.4. The number of pyridine rings is 1. The number of nitrogens with one attached hydrogen (secondary N) is 1. The normalized spacial score (nSPS) is 20.7. The maximum absolute atomic E-state index is 11.8. The number of carbonyl (C=O) groups excluding carboxylic acids is 1. The van der Waals surface area contributed by atoms with E-state index in [0.717, 1.165) is 16.7 Å². The van der Waals surface area contributed by atoms with Crippen LogP contribution in [0, 0.1) is 5.92 Å². The molecule has 0 radical (unpaired) electrons. The van der Waals surface area contributed by atoms with E-state index in [4.69, 9.17) is 14.2 Å². The van der Waals surface area contributed by atoms with Gasteiger partial charge in [0.25, 0.3) is 0 Å². The van der Waals surface area contributed by atoms with Crippen LogP contribution in [0.15, 0.2) is 84.5 Å². The molecule has 1 fully saturated rings. The highest BCUT2D eigenvalue weighted by atomic mass is 32.2. The Hall–Kier alpha value is -3.70. The van der Waals surface area contributed by atoms with Crippen molar-refractivity contribution in [3.05, 3.63) is 102 Å². The Morgan fingerprint density at radius 1 is 1.10 bits per heavy atom. The van der Waals surface area contributed by atoms with Crippen LogP contribution in [0.25, 0.3) is 0 Å². The monoisotopic (exact) mass is 550 g/mol. The van der Waals surface area contributed by atoms with Crippen LogP contribution in [-0.4, -0.2) is 45.7 Å². The number of aliphatic hydroxyl groups is 1. The van der Waals surface area contributed by atoms with Gasteiger partial charge in [0.1, 0.15) is 11.6 Å². The fourth-order valence-corrected chi connectivity index (χ4v) is 5.30. The van der Waals surface area contributed by atoms with Crippen LogP contribution in [0.3, 0.4) is 0 Å². The van der Waals surface area contributed by atoms with Gasteiger partial charge in [0, 0.05) is 29.1 Å². The third kappa shape index (κ3) is 7.24. The Labute approximate surface area is 230 Å². The molecule has 0 spiro atoms. The number of amides is 1. The summed E-state index contributed by atoms with van der Waals surface area (Å²) >= 11 is 1.33. The molecule has 1 amide bonds. The van der Waals surface area contributed by atoms with Crippen molar-refractivity contribution < 1.29 is 34.0 Å². The minimum absolute atomic E-state index is 0.0517. The zero-order chi connectivity index (χ0) is 27.8. The van der Waals surface area contributed by atoms with E-state index in [1.54, 1.807) is 36.5 Å². The minimum atomic E-state index is -1.03. The van der Waals surface area contributed by atoms with Crippen LogP contribution < -0.4 is 5.32 Å². The molecule has 0 bridgehead atoms. The standard InChI is InChI=1S/C29H30N2O7S/c1-3-15-36-29(35)31-22-12-10-21(11-13-22)28-37-24(17-39-26-23(27(33)34)5-4-14-30-26)18(2)25(38-28)20-8-6-19(16-32)7-9-20/h3-14,18,24-25,28,32H,1,15-17H2,2H3,(H,31,35)(H,33,34)/t18-,24+,25+,28+/m1/s1. The molecule has 2 aromatic carbocycles. The number of carboxylic acids is 1. The van der Waals surface area contributed by atoms with Crippen molar-refractivity contribution >= 4 is 29.5 Å². The van der Waals surface area contributed by atoms with Crippen molar-refractivity contribution in [1.82, 2.24) is 4.98 Å². The Morgan fingerprint density at radius 2 is 1.82 bits per heavy atom. The van der Waals surface area contributed by atoms with Gasteiger partial charge in [0.05, 0.1) is 24.4 Å². The van der Waals surface area contributed by atoms with Crippen molar-refractivity contribution in [2.75, 3.05) is 17.7 Å². The predicted molar refractivity (Wildman–Crippen MR) is 146 cm³/mol. The van der Waals surface area contributed by atoms with Gasteiger partial charge in [-0.25, -0.2) is 14.6 Å². The first-order chi connectivity index (χ1) is 18.9. The molecule has 39 heavy (non-hydrogen) atoms. The quantitative estimate of drug-likeness (QED) is 0.219. The van der Waals surface area contributed by atoms with Crippen LogP contribution in [0.2, 0.25) is 0 Å². The summed E-state index contributed by atoms with van der Waals surface area (Å²) in [5.41, 5.74) is 3.19. The molecule has 10 heteroatoms. The molecule has 2 heterocycles. The van der Waals surface area contributed by atoms with Gasteiger partial charge in [0.15, 0.2) is 6.29 Å². The summed E-state index contributed by atoms with van der Waals surface area (Å²) in [5.74, 6) is -0.655. The zero-order valence-electron chi connectivity index (χ0n) is 21.4. The molecule has 3 aromatic rings. The molecule has 9 nitrogen and oxygen atoms in total. The van der Waals surface area contributed by atoms with Crippen LogP contribution >= 0.6 is 11.8 Å².